The van der Waals surface area contributed by atoms with Gasteiger partial charge in [0.1, 0.15) is 6.26 Å². The van der Waals surface area contributed by atoms with Crippen LogP contribution in [-0.4, -0.2) is 24.9 Å². The van der Waals surface area contributed by atoms with Crippen LogP contribution in [-0.2, 0) is 11.3 Å². The summed E-state index contributed by atoms with van der Waals surface area (Å²) in [4.78, 5) is 0. The third-order valence-corrected chi connectivity index (χ3v) is 1.60. The minimum Gasteiger partial charge on any atom is -0.375 e. The molecule has 1 heterocycles. The van der Waals surface area contributed by atoms with Crippen molar-refractivity contribution in [3.63, 3.8) is 0 Å². The Bertz CT molecular complexity index is 199. The smallest absolute Gasteiger partial charge is 0.129 e. The molecule has 74 valence electrons. The van der Waals surface area contributed by atoms with E-state index in [-0.39, 0.29) is 0 Å². The molecule has 0 atom stereocenters. The summed E-state index contributed by atoms with van der Waals surface area (Å²) in [6.45, 7) is 5.41. The van der Waals surface area contributed by atoms with E-state index in [9.17, 15) is 0 Å². The first-order valence-corrected chi connectivity index (χ1v) is 4.60. The van der Waals surface area contributed by atoms with Crippen LogP contribution in [0.2, 0.25) is 0 Å². The Kier molecular flexibility index (Phi) is 5.20. The molecule has 0 radical (unpaired) electrons. The van der Waals surface area contributed by atoms with Gasteiger partial charge in [-0.1, -0.05) is 12.1 Å². The Balaban J connectivity index is 1.90. The van der Waals surface area contributed by atoms with Crippen molar-refractivity contribution in [3.8, 4) is 0 Å². The first-order chi connectivity index (χ1) is 6.43. The first kappa shape index (κ1) is 10.2. The fourth-order valence-corrected chi connectivity index (χ4v) is 0.934. The highest BCUT2D eigenvalue weighted by Crippen LogP contribution is 1.97. The van der Waals surface area contributed by atoms with E-state index in [0.717, 1.165) is 31.7 Å². The molecular weight excluding hydrogens is 168 g/mol. The van der Waals surface area contributed by atoms with Crippen molar-refractivity contribution < 1.29 is 9.26 Å². The number of hydrogen-bond acceptors (Lipinski definition) is 4. The standard InChI is InChI=1S/C9H16N2O2/c1-2-3-10-4-5-12-7-9-6-11-13-8-9/h6,8,10H,2-5,7H2,1H3. The zero-order valence-electron chi connectivity index (χ0n) is 7.95. The summed E-state index contributed by atoms with van der Waals surface area (Å²) < 4.78 is 10.0. The summed E-state index contributed by atoms with van der Waals surface area (Å²) in [5, 5.41) is 6.83. The summed E-state index contributed by atoms with van der Waals surface area (Å²) in [6, 6.07) is 0. The fourth-order valence-electron chi connectivity index (χ4n) is 0.934. The molecule has 0 fully saturated rings. The van der Waals surface area contributed by atoms with Crippen LogP contribution in [0.5, 0.6) is 0 Å². The van der Waals surface area contributed by atoms with Crippen LogP contribution in [0.3, 0.4) is 0 Å². The SMILES string of the molecule is CCCNCCOCc1cnoc1. The van der Waals surface area contributed by atoms with Crippen molar-refractivity contribution in [1.82, 2.24) is 10.5 Å². The molecule has 0 aliphatic rings. The van der Waals surface area contributed by atoms with Crippen molar-refractivity contribution >= 4 is 0 Å². The second kappa shape index (κ2) is 6.62. The molecule has 1 N–H and O–H groups in total. The van der Waals surface area contributed by atoms with Gasteiger partial charge in [-0.3, -0.25) is 0 Å². The summed E-state index contributed by atoms with van der Waals surface area (Å²) >= 11 is 0. The van der Waals surface area contributed by atoms with Crippen LogP contribution >= 0.6 is 0 Å². The van der Waals surface area contributed by atoms with Gasteiger partial charge in [0.15, 0.2) is 0 Å². The van der Waals surface area contributed by atoms with E-state index < -0.39 is 0 Å². The maximum absolute atomic E-state index is 5.36. The quantitative estimate of drug-likeness (QED) is 0.647. The highest BCUT2D eigenvalue weighted by molar-refractivity contribution is 4.97. The van der Waals surface area contributed by atoms with E-state index in [1.165, 1.54) is 0 Å². The highest BCUT2D eigenvalue weighted by Gasteiger charge is 1.94. The third kappa shape index (κ3) is 4.65. The number of aromatic nitrogens is 1. The molecule has 0 aromatic carbocycles. The molecule has 1 rings (SSSR count). The molecule has 13 heavy (non-hydrogen) atoms. The van der Waals surface area contributed by atoms with Crippen molar-refractivity contribution in [2.75, 3.05) is 19.7 Å². The van der Waals surface area contributed by atoms with E-state index in [1.807, 2.05) is 0 Å². The molecule has 0 unspecified atom stereocenters. The lowest BCUT2D eigenvalue weighted by Gasteiger charge is -2.02. The summed E-state index contributed by atoms with van der Waals surface area (Å²) in [5.74, 6) is 0. The molecule has 0 amide bonds. The van der Waals surface area contributed by atoms with Gasteiger partial charge in [0.2, 0.25) is 0 Å². The van der Waals surface area contributed by atoms with E-state index in [2.05, 4.69) is 21.9 Å². The molecular formula is C9H16N2O2. The lowest BCUT2D eigenvalue weighted by molar-refractivity contribution is 0.122. The maximum Gasteiger partial charge on any atom is 0.129 e. The predicted octanol–water partition coefficient (Wildman–Crippen LogP) is 1.19. The van der Waals surface area contributed by atoms with Gasteiger partial charge in [-0.15, -0.1) is 0 Å². The average Bonchev–Trinajstić information content (AvgIpc) is 2.63. The Morgan fingerprint density at radius 2 is 2.46 bits per heavy atom. The van der Waals surface area contributed by atoms with Gasteiger partial charge in [-0.05, 0) is 13.0 Å². The minimum absolute atomic E-state index is 0.581. The molecule has 1 aromatic rings. The van der Waals surface area contributed by atoms with Crippen LogP contribution in [0.4, 0.5) is 0 Å². The van der Waals surface area contributed by atoms with Crippen LogP contribution < -0.4 is 5.32 Å². The lowest BCUT2D eigenvalue weighted by Crippen LogP contribution is -2.20. The average molecular weight is 184 g/mol. The number of nitrogens with zero attached hydrogens (tertiary/aromatic N) is 1. The van der Waals surface area contributed by atoms with Crippen molar-refractivity contribution in [2.24, 2.45) is 0 Å². The van der Waals surface area contributed by atoms with Crippen molar-refractivity contribution in [2.45, 2.75) is 20.0 Å². The van der Waals surface area contributed by atoms with E-state index in [0.29, 0.717) is 6.61 Å². The van der Waals surface area contributed by atoms with Gasteiger partial charge >= 0.3 is 0 Å². The molecule has 0 aliphatic carbocycles. The fraction of sp³-hybridized carbons (Fsp3) is 0.667. The van der Waals surface area contributed by atoms with Gasteiger partial charge < -0.3 is 14.6 Å². The largest absolute Gasteiger partial charge is 0.375 e. The normalized spacial score (nSPS) is 10.5. The van der Waals surface area contributed by atoms with Gasteiger partial charge in [-0.2, -0.15) is 0 Å². The summed E-state index contributed by atoms with van der Waals surface area (Å²) in [5.41, 5.74) is 0.982. The van der Waals surface area contributed by atoms with Crippen LogP contribution in [0.25, 0.3) is 0 Å². The monoisotopic (exact) mass is 184 g/mol. The zero-order chi connectivity index (χ0) is 9.36. The lowest BCUT2D eigenvalue weighted by atomic mass is 10.4. The van der Waals surface area contributed by atoms with Gasteiger partial charge in [0.25, 0.3) is 0 Å². The second-order valence-corrected chi connectivity index (χ2v) is 2.84. The van der Waals surface area contributed by atoms with Crippen LogP contribution in [0.1, 0.15) is 18.9 Å². The van der Waals surface area contributed by atoms with Crippen molar-refractivity contribution in [1.29, 1.82) is 0 Å². The van der Waals surface area contributed by atoms with E-state index >= 15 is 0 Å². The Morgan fingerprint density at radius 3 is 3.15 bits per heavy atom. The molecule has 1 aromatic heterocycles. The Morgan fingerprint density at radius 1 is 1.54 bits per heavy atom. The molecule has 0 saturated heterocycles. The summed E-state index contributed by atoms with van der Waals surface area (Å²) in [6.07, 6.45) is 4.42. The molecule has 0 saturated carbocycles. The second-order valence-electron chi connectivity index (χ2n) is 2.84. The first-order valence-electron chi connectivity index (χ1n) is 4.60. The van der Waals surface area contributed by atoms with E-state index in [4.69, 9.17) is 4.74 Å². The van der Waals surface area contributed by atoms with Crippen molar-refractivity contribution in [3.05, 3.63) is 18.0 Å². The van der Waals surface area contributed by atoms with E-state index in [1.54, 1.807) is 12.5 Å². The minimum atomic E-state index is 0.581. The van der Waals surface area contributed by atoms with Crippen LogP contribution in [0.15, 0.2) is 17.0 Å². The Labute approximate surface area is 78.2 Å². The molecule has 0 bridgehead atoms. The molecule has 0 spiro atoms. The van der Waals surface area contributed by atoms with Gasteiger partial charge in [0.05, 0.1) is 19.4 Å². The topological polar surface area (TPSA) is 47.3 Å². The molecule has 0 aliphatic heterocycles. The predicted molar refractivity (Wildman–Crippen MR) is 49.3 cm³/mol. The highest BCUT2D eigenvalue weighted by atomic mass is 16.5. The maximum atomic E-state index is 5.36. The molecule has 4 heteroatoms. The zero-order valence-corrected chi connectivity index (χ0v) is 7.95. The number of nitrogens with one attached hydrogen (secondary N) is 1. The summed E-state index contributed by atoms with van der Waals surface area (Å²) in [7, 11) is 0. The van der Waals surface area contributed by atoms with Gasteiger partial charge in [0, 0.05) is 12.1 Å². The third-order valence-electron chi connectivity index (χ3n) is 1.60. The number of ether oxygens (including phenoxy) is 1. The van der Waals surface area contributed by atoms with Crippen LogP contribution in [0, 0.1) is 0 Å². The molecule has 4 nitrogen and oxygen atoms in total. The number of rotatable bonds is 7. The Hall–Kier alpha value is -0.870. The number of hydrogen-bond donors (Lipinski definition) is 1. The van der Waals surface area contributed by atoms with Gasteiger partial charge in [-0.25, -0.2) is 0 Å².